The third-order valence-electron chi connectivity index (χ3n) is 6.11. The molecule has 3 heterocycles. The molecule has 3 N–H and O–H groups in total. The number of carbonyl (C=O) groups is 2. The molecule has 2 aromatic heterocycles. The summed E-state index contributed by atoms with van der Waals surface area (Å²) in [5.74, 6) is 6.93. The van der Waals surface area contributed by atoms with Crippen LogP contribution in [0.5, 0.6) is 5.75 Å². The van der Waals surface area contributed by atoms with Crippen LogP contribution in [0, 0.1) is 17.8 Å². The summed E-state index contributed by atoms with van der Waals surface area (Å²) in [6.07, 6.45) is 3.49. The SMILES string of the molecule is C=CC(=O)N1CCC(n2nc(C#Cc3cc(OC)cc(C(=O)NCC(C)C)c3)c3c(N)ncc(Cl)c32)C1. The lowest BCUT2D eigenvalue weighted by atomic mass is 10.1. The van der Waals surface area contributed by atoms with Crippen LogP contribution in [0.15, 0.2) is 37.1 Å². The smallest absolute Gasteiger partial charge is 0.251 e. The molecule has 4 rings (SSSR count). The molecule has 1 aromatic carbocycles. The number of fused-ring (bicyclic) bond motifs is 1. The normalized spacial score (nSPS) is 14.9. The standard InChI is InChI=1S/C27H29ClN6O3/c1-5-23(35)33-9-8-19(15-33)34-25-21(28)14-30-26(29)24(25)22(32-34)7-6-17-10-18(12-20(11-17)37-4)27(36)31-13-16(2)3/h5,10-12,14,16,19H,1,8-9,13,15H2,2-4H3,(H2,29,30)(H,31,36). The third-order valence-corrected chi connectivity index (χ3v) is 6.38. The number of nitrogen functional groups attached to an aromatic ring is 1. The number of anilines is 1. The summed E-state index contributed by atoms with van der Waals surface area (Å²) < 4.78 is 7.17. The van der Waals surface area contributed by atoms with Gasteiger partial charge in [-0.3, -0.25) is 14.3 Å². The first kappa shape index (κ1) is 26.0. The van der Waals surface area contributed by atoms with Crippen molar-refractivity contribution < 1.29 is 14.3 Å². The highest BCUT2D eigenvalue weighted by Crippen LogP contribution is 2.34. The van der Waals surface area contributed by atoms with Gasteiger partial charge in [0.2, 0.25) is 5.91 Å². The monoisotopic (exact) mass is 520 g/mol. The van der Waals surface area contributed by atoms with Crippen LogP contribution in [-0.4, -0.2) is 58.2 Å². The lowest BCUT2D eigenvalue weighted by molar-refractivity contribution is -0.125. The highest BCUT2D eigenvalue weighted by Gasteiger charge is 2.30. The van der Waals surface area contributed by atoms with E-state index in [-0.39, 0.29) is 23.7 Å². The number of benzene rings is 1. The predicted molar refractivity (Wildman–Crippen MR) is 144 cm³/mol. The summed E-state index contributed by atoms with van der Waals surface area (Å²) >= 11 is 6.53. The van der Waals surface area contributed by atoms with Gasteiger partial charge < -0.3 is 20.7 Å². The first-order valence-electron chi connectivity index (χ1n) is 11.9. The Bertz CT molecular complexity index is 1440. The highest BCUT2D eigenvalue weighted by atomic mass is 35.5. The van der Waals surface area contributed by atoms with Crippen LogP contribution in [0.3, 0.4) is 0 Å². The molecular formula is C27H29ClN6O3. The van der Waals surface area contributed by atoms with E-state index < -0.39 is 0 Å². The average molecular weight is 521 g/mol. The number of nitrogens with one attached hydrogen (secondary N) is 1. The minimum absolute atomic E-state index is 0.102. The maximum absolute atomic E-state index is 12.6. The Morgan fingerprint density at radius 1 is 1.35 bits per heavy atom. The van der Waals surface area contributed by atoms with Crippen molar-refractivity contribution >= 4 is 40.1 Å². The van der Waals surface area contributed by atoms with Gasteiger partial charge in [0.1, 0.15) is 17.3 Å². The van der Waals surface area contributed by atoms with Crippen LogP contribution >= 0.6 is 11.6 Å². The van der Waals surface area contributed by atoms with Crippen LogP contribution in [0.4, 0.5) is 5.82 Å². The Balaban J connectivity index is 1.74. The van der Waals surface area contributed by atoms with E-state index in [1.165, 1.54) is 19.4 Å². The molecule has 0 radical (unpaired) electrons. The number of methoxy groups -OCH3 is 1. The second-order valence-electron chi connectivity index (χ2n) is 9.24. The summed E-state index contributed by atoms with van der Waals surface area (Å²) in [5, 5.41) is 8.59. The Labute approximate surface area is 220 Å². The molecule has 2 amide bonds. The molecular weight excluding hydrogens is 492 g/mol. The van der Waals surface area contributed by atoms with Crippen molar-refractivity contribution in [2.75, 3.05) is 32.5 Å². The molecule has 3 aromatic rings. The van der Waals surface area contributed by atoms with Crippen molar-refractivity contribution in [2.24, 2.45) is 5.92 Å². The molecule has 1 atom stereocenters. The number of likely N-dealkylation sites (tertiary alicyclic amines) is 1. The predicted octanol–water partition coefficient (Wildman–Crippen LogP) is 3.42. The molecule has 37 heavy (non-hydrogen) atoms. The zero-order chi connectivity index (χ0) is 26.7. The van der Waals surface area contributed by atoms with Crippen LogP contribution in [0.25, 0.3) is 10.9 Å². The lowest BCUT2D eigenvalue weighted by Crippen LogP contribution is -2.27. The molecule has 1 saturated heterocycles. The number of aromatic nitrogens is 3. The van der Waals surface area contributed by atoms with E-state index in [9.17, 15) is 9.59 Å². The van der Waals surface area contributed by atoms with E-state index >= 15 is 0 Å². The first-order valence-corrected chi connectivity index (χ1v) is 12.3. The summed E-state index contributed by atoms with van der Waals surface area (Å²) in [6, 6.07) is 5.02. The van der Waals surface area contributed by atoms with Gasteiger partial charge in [0.25, 0.3) is 5.91 Å². The van der Waals surface area contributed by atoms with Gasteiger partial charge >= 0.3 is 0 Å². The van der Waals surface area contributed by atoms with Gasteiger partial charge in [-0.15, -0.1) is 0 Å². The van der Waals surface area contributed by atoms with Crippen LogP contribution in [0.1, 0.15) is 47.9 Å². The Morgan fingerprint density at radius 3 is 2.84 bits per heavy atom. The second-order valence-corrected chi connectivity index (χ2v) is 9.65. The van der Waals surface area contributed by atoms with Crippen LogP contribution < -0.4 is 15.8 Å². The van der Waals surface area contributed by atoms with Crippen molar-refractivity contribution in [1.82, 2.24) is 25.0 Å². The average Bonchev–Trinajstić information content (AvgIpc) is 3.53. The van der Waals surface area contributed by atoms with E-state index in [4.69, 9.17) is 27.2 Å². The topological polar surface area (TPSA) is 115 Å². The van der Waals surface area contributed by atoms with Gasteiger partial charge in [-0.2, -0.15) is 5.10 Å². The van der Waals surface area contributed by atoms with Gasteiger partial charge in [-0.05, 0) is 42.5 Å². The molecule has 0 aliphatic carbocycles. The van der Waals surface area contributed by atoms with E-state index in [2.05, 4.69) is 28.7 Å². The zero-order valence-electron chi connectivity index (χ0n) is 21.0. The number of halogens is 1. The number of hydrogen-bond donors (Lipinski definition) is 2. The number of nitrogens with zero attached hydrogens (tertiary/aromatic N) is 4. The van der Waals surface area contributed by atoms with Crippen molar-refractivity contribution in [1.29, 1.82) is 0 Å². The van der Waals surface area contributed by atoms with Crippen LogP contribution in [0.2, 0.25) is 5.02 Å². The minimum atomic E-state index is -0.203. The summed E-state index contributed by atoms with van der Waals surface area (Å²) in [5.41, 5.74) is 8.28. The number of amides is 2. The van der Waals surface area contributed by atoms with Gasteiger partial charge in [0.05, 0.1) is 35.3 Å². The van der Waals surface area contributed by atoms with E-state index in [1.807, 2.05) is 13.8 Å². The molecule has 0 bridgehead atoms. The molecule has 0 spiro atoms. The molecule has 1 unspecified atom stereocenters. The quantitative estimate of drug-likeness (QED) is 0.380. The van der Waals surface area contributed by atoms with Crippen molar-refractivity contribution in [2.45, 2.75) is 26.3 Å². The molecule has 192 valence electrons. The fourth-order valence-electron chi connectivity index (χ4n) is 4.23. The highest BCUT2D eigenvalue weighted by molar-refractivity contribution is 6.35. The molecule has 1 aliphatic rings. The second kappa shape index (κ2) is 10.9. The molecule has 9 nitrogen and oxygen atoms in total. The van der Waals surface area contributed by atoms with Gasteiger partial charge in [0.15, 0.2) is 0 Å². The van der Waals surface area contributed by atoms with E-state index in [1.54, 1.807) is 27.8 Å². The van der Waals surface area contributed by atoms with Gasteiger partial charge in [-0.25, -0.2) is 4.98 Å². The Hall–Kier alpha value is -4.03. The largest absolute Gasteiger partial charge is 0.497 e. The molecule has 10 heteroatoms. The summed E-state index contributed by atoms with van der Waals surface area (Å²) in [6.45, 7) is 9.24. The zero-order valence-corrected chi connectivity index (χ0v) is 21.8. The Morgan fingerprint density at radius 2 is 2.14 bits per heavy atom. The number of nitrogens with two attached hydrogens (primary N) is 1. The summed E-state index contributed by atoms with van der Waals surface area (Å²) in [7, 11) is 1.54. The number of carbonyl (C=O) groups excluding carboxylic acids is 2. The maximum atomic E-state index is 12.6. The Kier molecular flexibility index (Phi) is 7.69. The third kappa shape index (κ3) is 5.54. The van der Waals surface area contributed by atoms with E-state index in [0.717, 1.165) is 0 Å². The molecule has 0 saturated carbocycles. The van der Waals surface area contributed by atoms with Gasteiger partial charge in [-0.1, -0.05) is 37.9 Å². The molecule has 1 aliphatic heterocycles. The first-order chi connectivity index (χ1) is 17.7. The van der Waals surface area contributed by atoms with Crippen molar-refractivity contribution in [3.05, 3.63) is 58.9 Å². The van der Waals surface area contributed by atoms with Crippen LogP contribution in [-0.2, 0) is 4.79 Å². The number of hydrogen-bond acceptors (Lipinski definition) is 6. The van der Waals surface area contributed by atoms with Gasteiger partial charge in [0, 0.05) is 30.8 Å². The maximum Gasteiger partial charge on any atom is 0.251 e. The minimum Gasteiger partial charge on any atom is -0.497 e. The fraction of sp³-hybridized carbons (Fsp3) is 0.333. The number of rotatable bonds is 6. The van der Waals surface area contributed by atoms with Crippen molar-refractivity contribution in [3.8, 4) is 17.6 Å². The summed E-state index contributed by atoms with van der Waals surface area (Å²) in [4.78, 5) is 30.7. The van der Waals surface area contributed by atoms with Crippen molar-refractivity contribution in [3.63, 3.8) is 0 Å². The molecule has 1 fully saturated rings. The van der Waals surface area contributed by atoms with E-state index in [0.29, 0.717) is 70.5 Å². The number of ether oxygens (including phenoxy) is 1. The lowest BCUT2D eigenvalue weighted by Gasteiger charge is -2.15. The fourth-order valence-corrected chi connectivity index (χ4v) is 4.46. The number of pyridine rings is 1.